The van der Waals surface area contributed by atoms with Crippen molar-refractivity contribution in [3.8, 4) is 5.75 Å². The molecule has 1 aliphatic rings. The predicted molar refractivity (Wildman–Crippen MR) is 109 cm³/mol. The van der Waals surface area contributed by atoms with Crippen molar-refractivity contribution in [2.75, 3.05) is 7.11 Å². The lowest BCUT2D eigenvalue weighted by atomic mass is 9.89. The summed E-state index contributed by atoms with van der Waals surface area (Å²) in [5, 5.41) is 0. The largest absolute Gasteiger partial charge is 0.455 e. The van der Waals surface area contributed by atoms with Gasteiger partial charge in [0.25, 0.3) is 0 Å². The monoisotopic (exact) mass is 409 g/mol. The van der Waals surface area contributed by atoms with Gasteiger partial charge in [0.05, 0.1) is 11.1 Å². The third-order valence-electron chi connectivity index (χ3n) is 5.73. The van der Waals surface area contributed by atoms with Crippen LogP contribution in [0.15, 0.2) is 30.3 Å². The van der Waals surface area contributed by atoms with E-state index in [1.807, 2.05) is 49.7 Å². The van der Waals surface area contributed by atoms with E-state index in [2.05, 4.69) is 9.72 Å². The molecule has 8 heteroatoms. The number of carbonyl (C=O) groups is 2. The smallest absolute Gasteiger partial charge is 0.412 e. The van der Waals surface area contributed by atoms with E-state index in [4.69, 9.17) is 15.2 Å². The molecular weight excluding hydrogens is 386 g/mol. The number of rotatable bonds is 3. The van der Waals surface area contributed by atoms with Gasteiger partial charge in [0, 0.05) is 31.7 Å². The summed E-state index contributed by atoms with van der Waals surface area (Å²) in [5.74, 6) is -0.642. The number of imidazole rings is 1. The molecule has 1 aromatic heterocycles. The van der Waals surface area contributed by atoms with Crippen molar-refractivity contribution >= 4 is 23.1 Å². The lowest BCUT2D eigenvalue weighted by Gasteiger charge is -2.39. The Morgan fingerprint density at radius 1 is 1.27 bits per heavy atom. The average molecular weight is 409 g/mol. The molecule has 3 aromatic rings. The number of amides is 1. The summed E-state index contributed by atoms with van der Waals surface area (Å²) in [6.45, 7) is 3.86. The third-order valence-corrected chi connectivity index (χ3v) is 5.73. The molecule has 0 bridgehead atoms. The maximum atomic E-state index is 12.6. The van der Waals surface area contributed by atoms with Gasteiger partial charge in [0.15, 0.2) is 5.75 Å². The van der Waals surface area contributed by atoms with Gasteiger partial charge in [-0.1, -0.05) is 24.3 Å². The SMILES string of the molecule is COC1(c2ccccc2C)CCc2c(C(=O)OC(N)=O)cc3c(nc(C)n3C)c2O1. The van der Waals surface area contributed by atoms with Crippen LogP contribution in [0.3, 0.4) is 0 Å². The van der Waals surface area contributed by atoms with E-state index in [9.17, 15) is 9.59 Å². The number of fused-ring (bicyclic) bond motifs is 3. The fourth-order valence-electron chi connectivity index (χ4n) is 4.08. The molecule has 8 nitrogen and oxygen atoms in total. The first kappa shape index (κ1) is 19.9. The number of methoxy groups -OCH3 is 1. The normalized spacial score (nSPS) is 18.0. The van der Waals surface area contributed by atoms with Gasteiger partial charge in [0.1, 0.15) is 11.3 Å². The molecule has 0 radical (unpaired) electrons. The summed E-state index contributed by atoms with van der Waals surface area (Å²) in [6, 6.07) is 9.52. The highest BCUT2D eigenvalue weighted by Crippen LogP contribution is 2.45. The van der Waals surface area contributed by atoms with Crippen molar-refractivity contribution in [1.82, 2.24) is 9.55 Å². The number of primary amides is 1. The molecule has 2 N–H and O–H groups in total. The van der Waals surface area contributed by atoms with Gasteiger partial charge in [-0.2, -0.15) is 0 Å². The lowest BCUT2D eigenvalue weighted by molar-refractivity contribution is -0.183. The van der Waals surface area contributed by atoms with E-state index in [-0.39, 0.29) is 5.56 Å². The van der Waals surface area contributed by atoms with Crippen LogP contribution in [0.5, 0.6) is 5.75 Å². The number of nitrogens with two attached hydrogens (primary N) is 1. The number of nitrogens with zero attached hydrogens (tertiary/aromatic N) is 2. The van der Waals surface area contributed by atoms with Gasteiger partial charge in [-0.3, -0.25) is 0 Å². The Morgan fingerprint density at radius 3 is 2.67 bits per heavy atom. The van der Waals surface area contributed by atoms with Crippen LogP contribution in [0.25, 0.3) is 11.0 Å². The summed E-state index contributed by atoms with van der Waals surface area (Å²) in [5.41, 5.74) is 9.14. The number of esters is 1. The van der Waals surface area contributed by atoms with Gasteiger partial charge in [-0.15, -0.1) is 0 Å². The molecule has 0 aliphatic carbocycles. The van der Waals surface area contributed by atoms with E-state index in [1.165, 1.54) is 0 Å². The molecule has 1 unspecified atom stereocenters. The minimum Gasteiger partial charge on any atom is -0.455 e. The van der Waals surface area contributed by atoms with Gasteiger partial charge in [-0.05, 0) is 31.9 Å². The molecule has 4 rings (SSSR count). The maximum Gasteiger partial charge on any atom is 0.412 e. The highest BCUT2D eigenvalue weighted by atomic mass is 16.7. The third kappa shape index (κ3) is 3.00. The summed E-state index contributed by atoms with van der Waals surface area (Å²) >= 11 is 0. The zero-order valence-electron chi connectivity index (χ0n) is 17.3. The van der Waals surface area contributed by atoms with Crippen molar-refractivity contribution in [3.63, 3.8) is 0 Å². The summed E-state index contributed by atoms with van der Waals surface area (Å²) < 4.78 is 18.9. The van der Waals surface area contributed by atoms with Crippen LogP contribution in [-0.4, -0.2) is 28.7 Å². The van der Waals surface area contributed by atoms with Crippen molar-refractivity contribution in [2.45, 2.75) is 32.5 Å². The lowest BCUT2D eigenvalue weighted by Crippen LogP contribution is -2.40. The molecular formula is C22H23N3O5. The average Bonchev–Trinajstić information content (AvgIpc) is 3.01. The van der Waals surface area contributed by atoms with Gasteiger partial charge in [0.2, 0.25) is 5.79 Å². The molecule has 0 saturated heterocycles. The zero-order valence-corrected chi connectivity index (χ0v) is 17.3. The molecule has 2 heterocycles. The highest BCUT2D eigenvalue weighted by molar-refractivity contribution is 6.02. The topological polar surface area (TPSA) is 106 Å². The highest BCUT2D eigenvalue weighted by Gasteiger charge is 2.42. The second-order valence-electron chi connectivity index (χ2n) is 7.40. The first-order chi connectivity index (χ1) is 14.3. The van der Waals surface area contributed by atoms with Crippen LogP contribution in [0.2, 0.25) is 0 Å². The Labute approximate surface area is 173 Å². The predicted octanol–water partition coefficient (Wildman–Crippen LogP) is 3.25. The van der Waals surface area contributed by atoms with Gasteiger partial charge < -0.3 is 24.5 Å². The molecule has 30 heavy (non-hydrogen) atoms. The van der Waals surface area contributed by atoms with Crippen LogP contribution in [0.1, 0.15) is 39.3 Å². The zero-order chi connectivity index (χ0) is 21.6. The number of hydrogen-bond donors (Lipinski definition) is 1. The second-order valence-corrected chi connectivity index (χ2v) is 7.40. The van der Waals surface area contributed by atoms with E-state index in [0.717, 1.165) is 17.0 Å². The first-order valence-electron chi connectivity index (χ1n) is 9.58. The summed E-state index contributed by atoms with van der Waals surface area (Å²) in [6.07, 6.45) is -0.222. The van der Waals surface area contributed by atoms with Crippen molar-refractivity contribution in [3.05, 3.63) is 58.4 Å². The second kappa shape index (κ2) is 7.14. The van der Waals surface area contributed by atoms with Crippen LogP contribution in [0.4, 0.5) is 4.79 Å². The van der Waals surface area contributed by atoms with Gasteiger partial charge in [-0.25, -0.2) is 14.6 Å². The Bertz CT molecular complexity index is 1180. The maximum absolute atomic E-state index is 12.6. The Balaban J connectivity index is 1.95. The Kier molecular flexibility index (Phi) is 4.74. The number of hydrogen-bond acceptors (Lipinski definition) is 6. The number of benzene rings is 2. The van der Waals surface area contributed by atoms with E-state index >= 15 is 0 Å². The van der Waals surface area contributed by atoms with E-state index in [1.54, 1.807) is 13.2 Å². The van der Waals surface area contributed by atoms with Crippen LogP contribution >= 0.6 is 0 Å². The fourth-order valence-corrected chi connectivity index (χ4v) is 4.08. The van der Waals surface area contributed by atoms with Crippen molar-refractivity contribution in [1.29, 1.82) is 0 Å². The minimum atomic E-state index is -1.15. The fraction of sp³-hybridized carbons (Fsp3) is 0.318. The van der Waals surface area contributed by atoms with Gasteiger partial charge >= 0.3 is 12.1 Å². The molecule has 2 aromatic carbocycles. The van der Waals surface area contributed by atoms with Crippen LogP contribution in [0, 0.1) is 13.8 Å². The summed E-state index contributed by atoms with van der Waals surface area (Å²) in [4.78, 5) is 28.4. The van der Waals surface area contributed by atoms with Crippen molar-refractivity contribution < 1.29 is 23.8 Å². The first-order valence-corrected chi connectivity index (χ1v) is 9.58. The Morgan fingerprint density at radius 2 is 2.00 bits per heavy atom. The molecule has 0 saturated carbocycles. The molecule has 0 spiro atoms. The molecule has 0 fully saturated rings. The minimum absolute atomic E-state index is 0.230. The molecule has 156 valence electrons. The van der Waals surface area contributed by atoms with Crippen LogP contribution < -0.4 is 10.5 Å². The standard InChI is InChI=1S/C22H23N3O5/c1-12-7-5-6-8-16(12)22(28-4)10-9-14-15(20(26)29-21(23)27)11-17-18(19(14)30-22)24-13(2)25(17)3/h5-8,11H,9-10H2,1-4H3,(H2,23,27). The number of ether oxygens (including phenoxy) is 3. The quantitative estimate of drug-likeness (QED) is 0.526. The Hall–Kier alpha value is -3.39. The van der Waals surface area contributed by atoms with E-state index in [0.29, 0.717) is 35.2 Å². The molecule has 1 atom stereocenters. The summed E-state index contributed by atoms with van der Waals surface area (Å²) in [7, 11) is 3.44. The van der Waals surface area contributed by atoms with Crippen molar-refractivity contribution in [2.24, 2.45) is 12.8 Å². The number of aromatic nitrogens is 2. The molecule has 1 amide bonds. The number of carbonyl (C=O) groups excluding carboxylic acids is 2. The van der Waals surface area contributed by atoms with E-state index < -0.39 is 17.8 Å². The number of aryl methyl sites for hydroxylation is 3. The molecule has 1 aliphatic heterocycles. The van der Waals surface area contributed by atoms with Crippen LogP contribution in [-0.2, 0) is 28.7 Å².